The van der Waals surface area contributed by atoms with Crippen molar-refractivity contribution in [2.75, 3.05) is 20.8 Å². The molecule has 0 aliphatic carbocycles. The van der Waals surface area contributed by atoms with Crippen LogP contribution in [0.3, 0.4) is 0 Å². The van der Waals surface area contributed by atoms with Crippen LogP contribution in [0.15, 0.2) is 55.9 Å². The van der Waals surface area contributed by atoms with Gasteiger partial charge < -0.3 is 14.2 Å². The molecule has 0 N–H and O–H groups in total. The number of hydrogen-bond donors (Lipinski definition) is 0. The fourth-order valence-corrected chi connectivity index (χ4v) is 5.88. The molecule has 0 saturated heterocycles. The predicted octanol–water partition coefficient (Wildman–Crippen LogP) is 4.88. The van der Waals surface area contributed by atoms with Gasteiger partial charge in [-0.25, -0.2) is 9.79 Å². The molecule has 1 atom stereocenters. The monoisotopic (exact) mass is 610 g/mol. The maximum absolute atomic E-state index is 13.8. The van der Waals surface area contributed by atoms with Crippen molar-refractivity contribution in [2.24, 2.45) is 4.99 Å². The summed E-state index contributed by atoms with van der Waals surface area (Å²) in [5, 5.41) is 0.721. The molecular formula is C25H21BrCl2N2O5S. The lowest BCUT2D eigenvalue weighted by atomic mass is 9.95. The van der Waals surface area contributed by atoms with Crippen LogP contribution in [0.4, 0.5) is 0 Å². The number of nitrogens with zero attached hydrogens (tertiary/aromatic N) is 2. The maximum atomic E-state index is 13.8. The highest BCUT2D eigenvalue weighted by atomic mass is 79.9. The zero-order valence-corrected chi connectivity index (χ0v) is 23.6. The summed E-state index contributed by atoms with van der Waals surface area (Å²) in [6.07, 6.45) is 1.67. The molecule has 0 saturated carbocycles. The third kappa shape index (κ3) is 4.72. The summed E-state index contributed by atoms with van der Waals surface area (Å²) in [4.78, 5) is 31.9. The number of ether oxygens (including phenoxy) is 3. The van der Waals surface area contributed by atoms with Crippen molar-refractivity contribution in [1.82, 2.24) is 4.57 Å². The molecule has 0 unspecified atom stereocenters. The average molecular weight is 612 g/mol. The van der Waals surface area contributed by atoms with Gasteiger partial charge in [-0.05, 0) is 49.2 Å². The van der Waals surface area contributed by atoms with Gasteiger partial charge in [0.25, 0.3) is 5.56 Å². The molecule has 11 heteroatoms. The Labute approximate surface area is 229 Å². The van der Waals surface area contributed by atoms with Crippen LogP contribution < -0.4 is 24.4 Å². The molecule has 0 radical (unpaired) electrons. The summed E-state index contributed by atoms with van der Waals surface area (Å²) in [5.41, 5.74) is 1.58. The molecule has 7 nitrogen and oxygen atoms in total. The Kier molecular flexibility index (Phi) is 7.94. The molecule has 3 aromatic rings. The quantitative estimate of drug-likeness (QED) is 0.371. The number of thiazole rings is 1. The van der Waals surface area contributed by atoms with E-state index in [4.69, 9.17) is 37.4 Å². The second kappa shape index (κ2) is 10.8. The standard InChI is InChI=1S/C25H21BrCl2N2O5S/c1-5-35-24(32)20-12(2)29-25-30(22(20)14-10-17(33-3)18(34-4)11-15(14)26)23(31)19(36-25)9-13-7-6-8-16(27)21(13)28/h6-11,22H,5H2,1-4H3/b19-9-/t22-/m1/s1. The summed E-state index contributed by atoms with van der Waals surface area (Å²) in [5.74, 6) is 0.383. The van der Waals surface area contributed by atoms with Crippen LogP contribution in [0.1, 0.15) is 31.0 Å². The van der Waals surface area contributed by atoms with Crippen LogP contribution in [-0.4, -0.2) is 31.4 Å². The van der Waals surface area contributed by atoms with Gasteiger partial charge in [0.2, 0.25) is 0 Å². The van der Waals surface area contributed by atoms with Crippen LogP contribution in [-0.2, 0) is 9.53 Å². The third-order valence-electron chi connectivity index (χ3n) is 5.58. The van der Waals surface area contributed by atoms with Crippen molar-refractivity contribution in [3.8, 4) is 11.5 Å². The average Bonchev–Trinajstić information content (AvgIpc) is 3.15. The number of rotatable bonds is 6. The third-order valence-corrected chi connectivity index (χ3v) is 8.09. The maximum Gasteiger partial charge on any atom is 0.338 e. The van der Waals surface area contributed by atoms with Gasteiger partial charge in [-0.1, -0.05) is 62.6 Å². The van der Waals surface area contributed by atoms with Crippen molar-refractivity contribution in [3.63, 3.8) is 0 Å². The molecule has 1 aliphatic rings. The first-order chi connectivity index (χ1) is 17.2. The molecule has 2 heterocycles. The summed E-state index contributed by atoms with van der Waals surface area (Å²) in [7, 11) is 3.05. The first-order valence-electron chi connectivity index (χ1n) is 10.8. The van der Waals surface area contributed by atoms with Gasteiger partial charge in [0.1, 0.15) is 0 Å². The number of methoxy groups -OCH3 is 2. The van der Waals surface area contributed by atoms with Crippen molar-refractivity contribution >= 4 is 62.5 Å². The normalized spacial score (nSPS) is 15.4. The van der Waals surface area contributed by atoms with Gasteiger partial charge in [0, 0.05) is 4.47 Å². The van der Waals surface area contributed by atoms with Crippen LogP contribution >= 0.6 is 50.5 Å². The number of allylic oxidation sites excluding steroid dienone is 1. The Morgan fingerprint density at radius 2 is 1.92 bits per heavy atom. The van der Waals surface area contributed by atoms with Crippen LogP contribution in [0, 0.1) is 0 Å². The van der Waals surface area contributed by atoms with Gasteiger partial charge >= 0.3 is 5.97 Å². The number of carbonyl (C=O) groups is 1. The molecule has 2 aromatic carbocycles. The van der Waals surface area contributed by atoms with E-state index in [1.807, 2.05) is 0 Å². The minimum Gasteiger partial charge on any atom is -0.493 e. The Bertz CT molecular complexity index is 1580. The number of esters is 1. The molecular weight excluding hydrogens is 591 g/mol. The van der Waals surface area contributed by atoms with E-state index < -0.39 is 12.0 Å². The fraction of sp³-hybridized carbons (Fsp3) is 0.240. The van der Waals surface area contributed by atoms with Gasteiger partial charge in [-0.3, -0.25) is 9.36 Å². The SMILES string of the molecule is CCOC(=O)C1=C(C)N=c2s/c(=C\c3cccc(Cl)c3Cl)c(=O)n2[C@@H]1c1cc(OC)c(OC)cc1Br. The number of hydrogen-bond acceptors (Lipinski definition) is 7. The summed E-state index contributed by atoms with van der Waals surface area (Å²) in [6.45, 7) is 3.62. The molecule has 0 spiro atoms. The second-order valence-electron chi connectivity index (χ2n) is 7.67. The van der Waals surface area contributed by atoms with Gasteiger partial charge in [-0.15, -0.1) is 0 Å². The molecule has 1 aromatic heterocycles. The fourth-order valence-electron chi connectivity index (χ4n) is 3.94. The molecule has 36 heavy (non-hydrogen) atoms. The number of halogens is 3. The molecule has 4 rings (SSSR count). The lowest BCUT2D eigenvalue weighted by Gasteiger charge is -2.26. The number of fused-ring (bicyclic) bond motifs is 1. The highest BCUT2D eigenvalue weighted by molar-refractivity contribution is 9.10. The topological polar surface area (TPSA) is 79.1 Å². The van der Waals surface area contributed by atoms with E-state index in [2.05, 4.69) is 20.9 Å². The lowest BCUT2D eigenvalue weighted by molar-refractivity contribution is -0.139. The van der Waals surface area contributed by atoms with Crippen molar-refractivity contribution in [1.29, 1.82) is 0 Å². The molecule has 0 bridgehead atoms. The summed E-state index contributed by atoms with van der Waals surface area (Å²) < 4.78 is 18.7. The van der Waals surface area contributed by atoms with E-state index in [1.165, 1.54) is 30.1 Å². The second-order valence-corrected chi connectivity index (χ2v) is 10.3. The van der Waals surface area contributed by atoms with Gasteiger partial charge in [0.05, 0.1) is 52.7 Å². The smallest absolute Gasteiger partial charge is 0.338 e. The van der Waals surface area contributed by atoms with E-state index >= 15 is 0 Å². The van der Waals surface area contributed by atoms with Gasteiger partial charge in [-0.2, -0.15) is 0 Å². The highest BCUT2D eigenvalue weighted by Crippen LogP contribution is 2.40. The first-order valence-corrected chi connectivity index (χ1v) is 13.1. The van der Waals surface area contributed by atoms with Gasteiger partial charge in [0.15, 0.2) is 16.3 Å². The highest BCUT2D eigenvalue weighted by Gasteiger charge is 2.35. The minimum atomic E-state index is -0.827. The Morgan fingerprint density at radius 1 is 1.22 bits per heavy atom. The van der Waals surface area contributed by atoms with Crippen LogP contribution in [0.5, 0.6) is 11.5 Å². The largest absolute Gasteiger partial charge is 0.493 e. The predicted molar refractivity (Wildman–Crippen MR) is 144 cm³/mol. The first kappa shape index (κ1) is 26.5. The van der Waals surface area contributed by atoms with E-state index in [9.17, 15) is 9.59 Å². The zero-order chi connectivity index (χ0) is 26.1. The Balaban J connectivity index is 2.03. The van der Waals surface area contributed by atoms with E-state index in [0.29, 0.717) is 52.2 Å². The van der Waals surface area contributed by atoms with Crippen molar-refractivity contribution < 1.29 is 19.0 Å². The van der Waals surface area contributed by atoms with E-state index in [-0.39, 0.29) is 17.7 Å². The Hall–Kier alpha value is -2.59. The summed E-state index contributed by atoms with van der Waals surface area (Å²) in [6, 6.07) is 7.83. The number of benzene rings is 2. The van der Waals surface area contributed by atoms with Crippen LogP contribution in [0.25, 0.3) is 6.08 Å². The number of aromatic nitrogens is 1. The van der Waals surface area contributed by atoms with E-state index in [1.54, 1.807) is 50.3 Å². The summed E-state index contributed by atoms with van der Waals surface area (Å²) >= 11 is 17.3. The lowest BCUT2D eigenvalue weighted by Crippen LogP contribution is -2.40. The zero-order valence-electron chi connectivity index (χ0n) is 19.7. The van der Waals surface area contributed by atoms with Crippen molar-refractivity contribution in [3.05, 3.63) is 86.9 Å². The Morgan fingerprint density at radius 3 is 2.58 bits per heavy atom. The van der Waals surface area contributed by atoms with Crippen molar-refractivity contribution in [2.45, 2.75) is 19.9 Å². The molecule has 188 valence electrons. The minimum absolute atomic E-state index is 0.174. The molecule has 0 fully saturated rings. The van der Waals surface area contributed by atoms with Crippen LogP contribution in [0.2, 0.25) is 10.0 Å². The number of carbonyl (C=O) groups excluding carboxylic acids is 1. The van der Waals surface area contributed by atoms with E-state index in [0.717, 1.165) is 0 Å². The molecule has 1 aliphatic heterocycles. The molecule has 0 amide bonds.